The number of halogens is 2. The summed E-state index contributed by atoms with van der Waals surface area (Å²) in [5.41, 5.74) is 2.22. The zero-order chi connectivity index (χ0) is 15.2. The van der Waals surface area contributed by atoms with Crippen molar-refractivity contribution in [3.05, 3.63) is 63.9 Å². The Hall–Kier alpha value is -1.39. The molecule has 21 heavy (non-hydrogen) atoms. The first kappa shape index (κ1) is 16.0. The molecule has 4 heteroatoms. The van der Waals surface area contributed by atoms with Gasteiger partial charge >= 0.3 is 0 Å². The third-order valence-electron chi connectivity index (χ3n) is 3.36. The number of benzene rings is 2. The Bertz CT molecular complexity index is 603. The molecule has 112 valence electrons. The van der Waals surface area contributed by atoms with Crippen molar-refractivity contribution in [2.75, 3.05) is 13.7 Å². The van der Waals surface area contributed by atoms with Gasteiger partial charge in [-0.2, -0.15) is 0 Å². The summed E-state index contributed by atoms with van der Waals surface area (Å²) >= 11 is 3.42. The van der Waals surface area contributed by atoms with E-state index < -0.39 is 0 Å². The molecule has 0 saturated carbocycles. The van der Waals surface area contributed by atoms with Crippen LogP contribution in [0.25, 0.3) is 0 Å². The maximum absolute atomic E-state index is 13.2. The van der Waals surface area contributed by atoms with Gasteiger partial charge < -0.3 is 10.1 Å². The lowest BCUT2D eigenvalue weighted by Gasteiger charge is -2.18. The number of hydrogen-bond donors (Lipinski definition) is 1. The highest BCUT2D eigenvalue weighted by Crippen LogP contribution is 2.26. The predicted molar refractivity (Wildman–Crippen MR) is 87.2 cm³/mol. The topological polar surface area (TPSA) is 21.3 Å². The summed E-state index contributed by atoms with van der Waals surface area (Å²) in [5, 5.41) is 3.31. The Balaban J connectivity index is 2.21. The number of nitrogens with one attached hydrogen (secondary N) is 1. The first-order valence-electron chi connectivity index (χ1n) is 6.98. The zero-order valence-corrected chi connectivity index (χ0v) is 13.8. The van der Waals surface area contributed by atoms with E-state index in [1.165, 1.54) is 12.1 Å². The number of likely N-dealkylation sites (N-methyl/N-ethyl adjacent to an activating group) is 1. The Labute approximate surface area is 133 Å². The highest BCUT2D eigenvalue weighted by Gasteiger charge is 2.13. The molecular formula is C17H19BrFNO. The standard InChI is InChI=1S/C17H19BrFNO/c1-3-21-15-6-4-5-13(9-15)17(20-2)10-12-7-8-14(19)11-16(12)18/h4-9,11,17,20H,3,10H2,1-2H3. The molecular weight excluding hydrogens is 333 g/mol. The van der Waals surface area contributed by atoms with E-state index in [4.69, 9.17) is 4.74 Å². The molecule has 0 fully saturated rings. The lowest BCUT2D eigenvalue weighted by atomic mass is 9.99. The Morgan fingerprint density at radius 3 is 2.71 bits per heavy atom. The van der Waals surface area contributed by atoms with Gasteiger partial charge in [0.15, 0.2) is 0 Å². The SMILES string of the molecule is CCOc1cccc(C(Cc2ccc(F)cc2Br)NC)c1. The van der Waals surface area contributed by atoms with E-state index >= 15 is 0 Å². The fourth-order valence-corrected chi connectivity index (χ4v) is 2.79. The average Bonchev–Trinajstić information content (AvgIpc) is 2.47. The van der Waals surface area contributed by atoms with Gasteiger partial charge in [-0.25, -0.2) is 4.39 Å². The second kappa shape index (κ2) is 7.57. The summed E-state index contributed by atoms with van der Waals surface area (Å²) in [6, 6.07) is 13.0. The van der Waals surface area contributed by atoms with Crippen LogP contribution >= 0.6 is 15.9 Å². The van der Waals surface area contributed by atoms with Gasteiger partial charge in [0.1, 0.15) is 11.6 Å². The Kier molecular flexibility index (Phi) is 5.76. The van der Waals surface area contributed by atoms with Crippen molar-refractivity contribution in [2.45, 2.75) is 19.4 Å². The Morgan fingerprint density at radius 2 is 2.05 bits per heavy atom. The maximum Gasteiger partial charge on any atom is 0.124 e. The molecule has 1 atom stereocenters. The minimum atomic E-state index is -0.232. The monoisotopic (exact) mass is 351 g/mol. The molecule has 0 aliphatic carbocycles. The third kappa shape index (κ3) is 4.29. The predicted octanol–water partition coefficient (Wildman–Crippen LogP) is 4.49. The van der Waals surface area contributed by atoms with Gasteiger partial charge in [-0.3, -0.25) is 0 Å². The van der Waals surface area contributed by atoms with Crippen LogP contribution in [-0.2, 0) is 6.42 Å². The highest BCUT2D eigenvalue weighted by molar-refractivity contribution is 9.10. The van der Waals surface area contributed by atoms with Crippen molar-refractivity contribution in [2.24, 2.45) is 0 Å². The van der Waals surface area contributed by atoms with Crippen LogP contribution in [0.4, 0.5) is 4.39 Å². The van der Waals surface area contributed by atoms with Crippen LogP contribution in [0.5, 0.6) is 5.75 Å². The summed E-state index contributed by atoms with van der Waals surface area (Å²) in [6.45, 7) is 2.62. The number of hydrogen-bond acceptors (Lipinski definition) is 2. The molecule has 0 aliphatic heterocycles. The molecule has 0 amide bonds. The summed E-state index contributed by atoms with van der Waals surface area (Å²) in [5.74, 6) is 0.637. The molecule has 0 aromatic heterocycles. The molecule has 0 heterocycles. The molecule has 2 nitrogen and oxygen atoms in total. The fourth-order valence-electron chi connectivity index (χ4n) is 2.28. The lowest BCUT2D eigenvalue weighted by molar-refractivity contribution is 0.339. The molecule has 0 spiro atoms. The van der Waals surface area contributed by atoms with Crippen LogP contribution < -0.4 is 10.1 Å². The van der Waals surface area contributed by atoms with E-state index in [-0.39, 0.29) is 11.9 Å². The van der Waals surface area contributed by atoms with E-state index in [1.54, 1.807) is 0 Å². The lowest BCUT2D eigenvalue weighted by Crippen LogP contribution is -2.19. The van der Waals surface area contributed by atoms with E-state index in [2.05, 4.69) is 27.3 Å². The van der Waals surface area contributed by atoms with E-state index in [0.29, 0.717) is 6.61 Å². The van der Waals surface area contributed by atoms with Crippen LogP contribution in [0.2, 0.25) is 0 Å². The van der Waals surface area contributed by atoms with Crippen LogP contribution in [0.3, 0.4) is 0 Å². The second-order valence-electron chi connectivity index (χ2n) is 4.79. The van der Waals surface area contributed by atoms with Crippen molar-refractivity contribution < 1.29 is 9.13 Å². The summed E-state index contributed by atoms with van der Waals surface area (Å²) in [4.78, 5) is 0. The quantitative estimate of drug-likeness (QED) is 0.827. The first-order valence-corrected chi connectivity index (χ1v) is 7.77. The molecule has 2 rings (SSSR count). The van der Waals surface area contributed by atoms with E-state index in [0.717, 1.165) is 27.8 Å². The zero-order valence-electron chi connectivity index (χ0n) is 12.2. The number of ether oxygens (including phenoxy) is 1. The van der Waals surface area contributed by atoms with Gasteiger partial charge in [0, 0.05) is 10.5 Å². The summed E-state index contributed by atoms with van der Waals surface area (Å²) < 4.78 is 19.5. The molecule has 0 bridgehead atoms. The molecule has 2 aromatic carbocycles. The van der Waals surface area contributed by atoms with Gasteiger partial charge in [-0.15, -0.1) is 0 Å². The molecule has 1 unspecified atom stereocenters. The minimum absolute atomic E-state index is 0.146. The molecule has 1 N–H and O–H groups in total. The minimum Gasteiger partial charge on any atom is -0.494 e. The van der Waals surface area contributed by atoms with Crippen molar-refractivity contribution in [1.82, 2.24) is 5.32 Å². The maximum atomic E-state index is 13.2. The Morgan fingerprint density at radius 1 is 1.24 bits per heavy atom. The van der Waals surface area contributed by atoms with Crippen LogP contribution in [0.1, 0.15) is 24.1 Å². The molecule has 0 aliphatic rings. The van der Waals surface area contributed by atoms with Crippen molar-refractivity contribution in [3.8, 4) is 5.75 Å². The molecule has 0 radical (unpaired) electrons. The third-order valence-corrected chi connectivity index (χ3v) is 4.10. The van der Waals surface area contributed by atoms with Gasteiger partial charge in [0.25, 0.3) is 0 Å². The fraction of sp³-hybridized carbons (Fsp3) is 0.294. The van der Waals surface area contributed by atoms with Crippen LogP contribution in [-0.4, -0.2) is 13.7 Å². The van der Waals surface area contributed by atoms with E-state index in [1.807, 2.05) is 38.2 Å². The van der Waals surface area contributed by atoms with E-state index in [9.17, 15) is 4.39 Å². The van der Waals surface area contributed by atoms with Crippen LogP contribution in [0, 0.1) is 5.82 Å². The average molecular weight is 352 g/mol. The summed E-state index contributed by atoms with van der Waals surface area (Å²) in [7, 11) is 1.93. The van der Waals surface area contributed by atoms with Crippen LogP contribution in [0.15, 0.2) is 46.9 Å². The van der Waals surface area contributed by atoms with Crippen molar-refractivity contribution in [3.63, 3.8) is 0 Å². The smallest absolute Gasteiger partial charge is 0.124 e. The van der Waals surface area contributed by atoms with Gasteiger partial charge in [0.05, 0.1) is 6.61 Å². The van der Waals surface area contributed by atoms with Crippen molar-refractivity contribution in [1.29, 1.82) is 0 Å². The van der Waals surface area contributed by atoms with Gasteiger partial charge in [-0.05, 0) is 55.8 Å². The first-order chi connectivity index (χ1) is 10.1. The van der Waals surface area contributed by atoms with Gasteiger partial charge in [0.2, 0.25) is 0 Å². The highest BCUT2D eigenvalue weighted by atomic mass is 79.9. The molecule has 0 saturated heterocycles. The van der Waals surface area contributed by atoms with Crippen molar-refractivity contribution >= 4 is 15.9 Å². The largest absolute Gasteiger partial charge is 0.494 e. The normalized spacial score (nSPS) is 12.2. The number of rotatable bonds is 6. The summed E-state index contributed by atoms with van der Waals surface area (Å²) in [6.07, 6.45) is 0.771. The van der Waals surface area contributed by atoms with Gasteiger partial charge in [-0.1, -0.05) is 34.1 Å². The second-order valence-corrected chi connectivity index (χ2v) is 5.64. The molecule has 2 aromatic rings.